The van der Waals surface area contributed by atoms with Crippen LogP contribution in [0.1, 0.15) is 5.56 Å². The van der Waals surface area contributed by atoms with Crippen LogP contribution in [0.15, 0.2) is 59.2 Å². The van der Waals surface area contributed by atoms with Gasteiger partial charge in [0.1, 0.15) is 5.69 Å². The molecule has 3 heterocycles. The summed E-state index contributed by atoms with van der Waals surface area (Å²) in [5.74, 6) is 1.45. The van der Waals surface area contributed by atoms with E-state index in [9.17, 15) is 14.9 Å². The van der Waals surface area contributed by atoms with Gasteiger partial charge in [0.15, 0.2) is 11.6 Å². The van der Waals surface area contributed by atoms with E-state index in [1.165, 1.54) is 12.1 Å². The van der Waals surface area contributed by atoms with E-state index in [1.807, 2.05) is 23.1 Å². The van der Waals surface area contributed by atoms with Gasteiger partial charge in [-0.3, -0.25) is 14.9 Å². The molecular formula is C20H19N5O4. The first-order valence-corrected chi connectivity index (χ1v) is 9.24. The molecule has 0 bridgehead atoms. The third-order valence-corrected chi connectivity index (χ3v) is 4.88. The van der Waals surface area contributed by atoms with Crippen molar-refractivity contribution in [1.82, 2.24) is 15.1 Å². The van der Waals surface area contributed by atoms with E-state index in [1.54, 1.807) is 24.5 Å². The van der Waals surface area contributed by atoms with Gasteiger partial charge < -0.3 is 14.2 Å². The van der Waals surface area contributed by atoms with Crippen LogP contribution in [0.4, 0.5) is 11.5 Å². The summed E-state index contributed by atoms with van der Waals surface area (Å²) in [7, 11) is 0. The first kappa shape index (κ1) is 18.6. The Labute approximate surface area is 166 Å². The van der Waals surface area contributed by atoms with Gasteiger partial charge in [0.05, 0.1) is 17.6 Å². The van der Waals surface area contributed by atoms with E-state index in [-0.39, 0.29) is 18.0 Å². The van der Waals surface area contributed by atoms with Gasteiger partial charge in [-0.15, -0.1) is 10.2 Å². The highest BCUT2D eigenvalue weighted by Gasteiger charge is 2.22. The maximum Gasteiger partial charge on any atom is 0.269 e. The molecule has 0 saturated carbocycles. The zero-order valence-electron chi connectivity index (χ0n) is 15.6. The molecule has 9 nitrogen and oxygen atoms in total. The number of nitro benzene ring substituents is 1. The molecule has 148 valence electrons. The van der Waals surface area contributed by atoms with Gasteiger partial charge in [-0.25, -0.2) is 0 Å². The monoisotopic (exact) mass is 393 g/mol. The number of carbonyl (C=O) groups excluding carboxylic acids is 1. The van der Waals surface area contributed by atoms with Gasteiger partial charge in [0.25, 0.3) is 5.69 Å². The molecule has 9 heteroatoms. The second-order valence-corrected chi connectivity index (χ2v) is 6.72. The number of hydrogen-bond donors (Lipinski definition) is 0. The van der Waals surface area contributed by atoms with Crippen LogP contribution in [-0.2, 0) is 11.2 Å². The predicted molar refractivity (Wildman–Crippen MR) is 105 cm³/mol. The van der Waals surface area contributed by atoms with Gasteiger partial charge in [-0.2, -0.15) is 0 Å². The topological polar surface area (TPSA) is 106 Å². The lowest BCUT2D eigenvalue weighted by atomic mass is 10.1. The van der Waals surface area contributed by atoms with E-state index in [2.05, 4.69) is 15.1 Å². The number of nitrogens with zero attached hydrogens (tertiary/aromatic N) is 5. The Bertz CT molecular complexity index is 979. The molecule has 1 aliphatic heterocycles. The number of anilines is 1. The van der Waals surface area contributed by atoms with E-state index < -0.39 is 4.92 Å². The molecule has 1 fully saturated rings. The smallest absolute Gasteiger partial charge is 0.269 e. The molecule has 2 aromatic heterocycles. The van der Waals surface area contributed by atoms with Gasteiger partial charge in [0.2, 0.25) is 5.91 Å². The maximum atomic E-state index is 12.5. The SMILES string of the molecule is O=C(Cc1ccc([N+](=O)[O-])cc1)N1CCN(c2ccc(-c3ccco3)nn2)CC1. The van der Waals surface area contributed by atoms with Crippen molar-refractivity contribution in [2.45, 2.75) is 6.42 Å². The summed E-state index contributed by atoms with van der Waals surface area (Å²) in [6.07, 6.45) is 1.83. The summed E-state index contributed by atoms with van der Waals surface area (Å²) < 4.78 is 5.32. The second kappa shape index (κ2) is 8.09. The quantitative estimate of drug-likeness (QED) is 0.484. The Kier molecular flexibility index (Phi) is 5.19. The molecule has 1 amide bonds. The number of hydrogen-bond acceptors (Lipinski definition) is 7. The van der Waals surface area contributed by atoms with Gasteiger partial charge in [-0.05, 0) is 29.8 Å². The third-order valence-electron chi connectivity index (χ3n) is 4.88. The number of nitro groups is 1. The van der Waals surface area contributed by atoms with Gasteiger partial charge in [-0.1, -0.05) is 12.1 Å². The Balaban J connectivity index is 1.31. The lowest BCUT2D eigenvalue weighted by molar-refractivity contribution is -0.384. The molecule has 3 aromatic rings. The minimum Gasteiger partial charge on any atom is -0.463 e. The lowest BCUT2D eigenvalue weighted by Crippen LogP contribution is -2.49. The van der Waals surface area contributed by atoms with Crippen LogP contribution in [0.5, 0.6) is 0 Å². The fraction of sp³-hybridized carbons (Fsp3) is 0.250. The van der Waals surface area contributed by atoms with Crippen LogP contribution >= 0.6 is 0 Å². The molecule has 0 N–H and O–H groups in total. The van der Waals surface area contributed by atoms with Crippen LogP contribution in [-0.4, -0.2) is 52.1 Å². The standard InChI is InChI=1S/C20H19N5O4/c26-20(14-15-3-5-16(6-4-15)25(27)28)24-11-9-23(10-12-24)19-8-7-17(21-22-19)18-2-1-13-29-18/h1-8,13H,9-12,14H2. The third kappa shape index (κ3) is 4.23. The van der Waals surface area contributed by atoms with Crippen molar-refractivity contribution in [2.24, 2.45) is 0 Å². The average molecular weight is 393 g/mol. The van der Waals surface area contributed by atoms with E-state index in [4.69, 9.17) is 4.42 Å². The second-order valence-electron chi connectivity index (χ2n) is 6.72. The normalized spacial score (nSPS) is 14.1. The maximum absolute atomic E-state index is 12.5. The number of furan rings is 1. The Morgan fingerprint density at radius 1 is 1.03 bits per heavy atom. The van der Waals surface area contributed by atoms with Crippen molar-refractivity contribution in [3.05, 3.63) is 70.5 Å². The summed E-state index contributed by atoms with van der Waals surface area (Å²) in [5.41, 5.74) is 1.46. The van der Waals surface area contributed by atoms with Crippen molar-refractivity contribution < 1.29 is 14.1 Å². The van der Waals surface area contributed by atoms with Crippen molar-refractivity contribution in [3.8, 4) is 11.5 Å². The number of carbonyl (C=O) groups is 1. The highest BCUT2D eigenvalue weighted by molar-refractivity contribution is 5.79. The molecule has 0 aliphatic carbocycles. The average Bonchev–Trinajstić information content (AvgIpc) is 3.29. The van der Waals surface area contributed by atoms with Crippen molar-refractivity contribution in [3.63, 3.8) is 0 Å². The summed E-state index contributed by atoms with van der Waals surface area (Å²) in [4.78, 5) is 26.7. The highest BCUT2D eigenvalue weighted by Crippen LogP contribution is 2.20. The van der Waals surface area contributed by atoms with Gasteiger partial charge in [0, 0.05) is 38.3 Å². The van der Waals surface area contributed by atoms with E-state index in [0.29, 0.717) is 37.6 Å². The minimum absolute atomic E-state index is 0.0118. The first-order chi connectivity index (χ1) is 14.1. The predicted octanol–water partition coefficient (Wildman–Crippen LogP) is 2.54. The van der Waals surface area contributed by atoms with Crippen LogP contribution in [0.3, 0.4) is 0 Å². The largest absolute Gasteiger partial charge is 0.463 e. The number of rotatable bonds is 5. The molecule has 1 saturated heterocycles. The zero-order chi connectivity index (χ0) is 20.2. The van der Waals surface area contributed by atoms with Crippen LogP contribution < -0.4 is 4.90 Å². The lowest BCUT2D eigenvalue weighted by Gasteiger charge is -2.35. The summed E-state index contributed by atoms with van der Waals surface area (Å²) in [6, 6.07) is 13.5. The molecule has 1 aliphatic rings. The fourth-order valence-electron chi connectivity index (χ4n) is 3.26. The van der Waals surface area contributed by atoms with Crippen molar-refractivity contribution in [2.75, 3.05) is 31.1 Å². The molecule has 0 unspecified atom stereocenters. The molecule has 1 aromatic carbocycles. The number of aromatic nitrogens is 2. The Morgan fingerprint density at radius 2 is 1.79 bits per heavy atom. The Morgan fingerprint density at radius 3 is 2.38 bits per heavy atom. The van der Waals surface area contributed by atoms with E-state index in [0.717, 1.165) is 11.4 Å². The number of piperazine rings is 1. The minimum atomic E-state index is -0.450. The van der Waals surface area contributed by atoms with Crippen molar-refractivity contribution >= 4 is 17.4 Å². The molecule has 0 atom stereocenters. The number of non-ortho nitro benzene ring substituents is 1. The summed E-state index contributed by atoms with van der Waals surface area (Å²) in [6.45, 7) is 2.52. The van der Waals surface area contributed by atoms with Crippen LogP contribution in [0, 0.1) is 10.1 Å². The fourth-order valence-corrected chi connectivity index (χ4v) is 3.26. The summed E-state index contributed by atoms with van der Waals surface area (Å²) in [5, 5.41) is 19.2. The van der Waals surface area contributed by atoms with E-state index >= 15 is 0 Å². The molecule has 0 radical (unpaired) electrons. The molecule has 0 spiro atoms. The summed E-state index contributed by atoms with van der Waals surface area (Å²) >= 11 is 0. The van der Waals surface area contributed by atoms with Crippen molar-refractivity contribution in [1.29, 1.82) is 0 Å². The molecule has 4 rings (SSSR count). The highest BCUT2D eigenvalue weighted by atomic mass is 16.6. The zero-order valence-corrected chi connectivity index (χ0v) is 15.6. The van der Waals surface area contributed by atoms with Gasteiger partial charge >= 0.3 is 0 Å². The first-order valence-electron chi connectivity index (χ1n) is 9.24. The Hall–Kier alpha value is -3.75. The number of benzene rings is 1. The molecule has 29 heavy (non-hydrogen) atoms. The van der Waals surface area contributed by atoms with Crippen LogP contribution in [0.25, 0.3) is 11.5 Å². The van der Waals surface area contributed by atoms with Crippen LogP contribution in [0.2, 0.25) is 0 Å². The molecular weight excluding hydrogens is 374 g/mol. The number of amides is 1.